The Kier molecular flexibility index (Phi) is 4.56. The Balaban J connectivity index is 3.21. The van der Waals surface area contributed by atoms with Gasteiger partial charge in [0.15, 0.2) is 0 Å². The molecule has 4 nitrogen and oxygen atoms in total. The third-order valence-corrected chi connectivity index (χ3v) is 3.79. The van der Waals surface area contributed by atoms with E-state index < -0.39 is 32.6 Å². The third-order valence-electron chi connectivity index (χ3n) is 2.21. The third kappa shape index (κ3) is 3.46. The van der Waals surface area contributed by atoms with Crippen LogP contribution in [0, 0.1) is 0 Å². The lowest BCUT2D eigenvalue weighted by molar-refractivity contribution is -0.142. The molecule has 0 unspecified atom stereocenters. The van der Waals surface area contributed by atoms with E-state index in [1.807, 2.05) is 0 Å². The van der Waals surface area contributed by atoms with Gasteiger partial charge in [0.2, 0.25) is 0 Å². The molecule has 0 aliphatic carbocycles. The Labute approximate surface area is 108 Å². The maximum absolute atomic E-state index is 12.5. The van der Waals surface area contributed by atoms with Crippen LogP contribution in [-0.2, 0) is 25.8 Å². The van der Waals surface area contributed by atoms with Crippen LogP contribution in [0.2, 0.25) is 0 Å². The fourth-order valence-corrected chi connectivity index (χ4v) is 2.40. The summed E-state index contributed by atoms with van der Waals surface area (Å²) in [5.41, 5.74) is -5.64. The number of esters is 1. The molecule has 1 aromatic rings. The highest BCUT2D eigenvalue weighted by atomic mass is 32.2. The maximum Gasteiger partial charge on any atom is 0.501 e. The predicted molar refractivity (Wildman–Crippen MR) is 60.0 cm³/mol. The number of alkyl halides is 3. The molecule has 0 aromatic heterocycles. The molecule has 1 rings (SSSR count). The highest BCUT2D eigenvalue weighted by Crippen LogP contribution is 2.32. The van der Waals surface area contributed by atoms with Crippen molar-refractivity contribution in [1.82, 2.24) is 0 Å². The fourth-order valence-electron chi connectivity index (χ4n) is 1.40. The number of ether oxygens (including phenoxy) is 1. The number of rotatable bonds is 4. The summed E-state index contributed by atoms with van der Waals surface area (Å²) in [6, 6.07) is 4.48. The molecule has 0 aliphatic heterocycles. The summed E-state index contributed by atoms with van der Waals surface area (Å²) < 4.78 is 64.7. The minimum atomic E-state index is -5.48. The van der Waals surface area contributed by atoms with Gasteiger partial charge in [-0.2, -0.15) is 13.2 Å². The average molecular weight is 296 g/mol. The Hall–Kier alpha value is -1.57. The number of sulfone groups is 1. The first kappa shape index (κ1) is 15.5. The zero-order chi connectivity index (χ0) is 14.7. The monoisotopic (exact) mass is 296 g/mol. The summed E-state index contributed by atoms with van der Waals surface area (Å²) in [6.07, 6.45) is -0.528. The normalized spacial score (nSPS) is 12.2. The van der Waals surface area contributed by atoms with Crippen LogP contribution in [-0.4, -0.2) is 26.5 Å². The van der Waals surface area contributed by atoms with Crippen LogP contribution in [0.4, 0.5) is 13.2 Å². The molecule has 0 spiro atoms. The maximum atomic E-state index is 12.5. The van der Waals surface area contributed by atoms with Crippen LogP contribution < -0.4 is 0 Å². The first-order valence-electron chi connectivity index (χ1n) is 5.25. The molecular weight excluding hydrogens is 285 g/mol. The van der Waals surface area contributed by atoms with E-state index in [0.29, 0.717) is 0 Å². The van der Waals surface area contributed by atoms with Crippen LogP contribution >= 0.6 is 0 Å². The van der Waals surface area contributed by atoms with E-state index in [1.165, 1.54) is 13.0 Å². The molecule has 0 radical (unpaired) electrons. The van der Waals surface area contributed by atoms with Crippen molar-refractivity contribution >= 4 is 15.8 Å². The second kappa shape index (κ2) is 5.60. The average Bonchev–Trinajstić information content (AvgIpc) is 2.28. The summed E-state index contributed by atoms with van der Waals surface area (Å²) in [7, 11) is -5.48. The standard InChI is InChI=1S/C11H11F3O4S/c1-2-18-10(15)7-8-5-3-4-6-9(8)19(16,17)11(12,13)14/h3-6H,2,7H2,1H3. The van der Waals surface area contributed by atoms with Gasteiger partial charge in [0, 0.05) is 0 Å². The van der Waals surface area contributed by atoms with Gasteiger partial charge >= 0.3 is 11.5 Å². The number of hydrogen-bond donors (Lipinski definition) is 0. The molecule has 0 amide bonds. The summed E-state index contributed by atoms with van der Waals surface area (Å²) in [5.74, 6) is -0.785. The fraction of sp³-hybridized carbons (Fsp3) is 0.364. The molecule has 0 N–H and O–H groups in total. The van der Waals surface area contributed by atoms with Crippen LogP contribution in [0.25, 0.3) is 0 Å². The van der Waals surface area contributed by atoms with Crippen molar-refractivity contribution in [2.24, 2.45) is 0 Å². The second-order valence-corrected chi connectivity index (χ2v) is 5.45. The molecule has 1 aromatic carbocycles. The lowest BCUT2D eigenvalue weighted by atomic mass is 10.1. The Morgan fingerprint density at radius 3 is 2.37 bits per heavy atom. The topological polar surface area (TPSA) is 60.4 Å². The number of carbonyl (C=O) groups is 1. The van der Waals surface area contributed by atoms with E-state index in [-0.39, 0.29) is 12.2 Å². The van der Waals surface area contributed by atoms with Crippen molar-refractivity contribution < 1.29 is 31.1 Å². The van der Waals surface area contributed by atoms with E-state index in [0.717, 1.165) is 18.2 Å². The van der Waals surface area contributed by atoms with Gasteiger partial charge in [-0.1, -0.05) is 18.2 Å². The minimum absolute atomic E-state index is 0.0625. The van der Waals surface area contributed by atoms with Gasteiger partial charge in [-0.15, -0.1) is 0 Å². The molecule has 0 fully saturated rings. The van der Waals surface area contributed by atoms with Gasteiger partial charge in [-0.3, -0.25) is 4.79 Å². The van der Waals surface area contributed by atoms with Crippen molar-refractivity contribution in [3.63, 3.8) is 0 Å². The molecule has 0 heterocycles. The SMILES string of the molecule is CCOC(=O)Cc1ccccc1S(=O)(=O)C(F)(F)F. The largest absolute Gasteiger partial charge is 0.501 e. The molecule has 19 heavy (non-hydrogen) atoms. The van der Waals surface area contributed by atoms with Gasteiger partial charge in [0.05, 0.1) is 17.9 Å². The Bertz CT molecular complexity index is 564. The van der Waals surface area contributed by atoms with E-state index in [4.69, 9.17) is 0 Å². The van der Waals surface area contributed by atoms with Gasteiger partial charge in [0.25, 0.3) is 9.84 Å². The summed E-state index contributed by atoms with van der Waals surface area (Å²) in [5, 5.41) is 0. The number of halogens is 3. The van der Waals surface area contributed by atoms with Crippen molar-refractivity contribution in [2.75, 3.05) is 6.61 Å². The molecule has 0 atom stereocenters. The number of hydrogen-bond acceptors (Lipinski definition) is 4. The van der Waals surface area contributed by atoms with Gasteiger partial charge in [0.1, 0.15) is 0 Å². The molecule has 106 valence electrons. The van der Waals surface area contributed by atoms with E-state index in [2.05, 4.69) is 4.74 Å². The molecule has 0 bridgehead atoms. The molecule has 0 saturated carbocycles. The zero-order valence-electron chi connectivity index (χ0n) is 9.90. The van der Waals surface area contributed by atoms with Crippen molar-refractivity contribution in [1.29, 1.82) is 0 Å². The molecule has 0 aliphatic rings. The van der Waals surface area contributed by atoms with Crippen LogP contribution in [0.3, 0.4) is 0 Å². The summed E-state index contributed by atoms with van der Waals surface area (Å²) in [6.45, 7) is 1.60. The van der Waals surface area contributed by atoms with Crippen LogP contribution in [0.15, 0.2) is 29.2 Å². The highest BCUT2D eigenvalue weighted by Gasteiger charge is 2.47. The lowest BCUT2D eigenvalue weighted by Crippen LogP contribution is -2.25. The van der Waals surface area contributed by atoms with Crippen LogP contribution in [0.1, 0.15) is 12.5 Å². The highest BCUT2D eigenvalue weighted by molar-refractivity contribution is 7.92. The lowest BCUT2D eigenvalue weighted by Gasteiger charge is -2.12. The van der Waals surface area contributed by atoms with Crippen molar-refractivity contribution in [3.05, 3.63) is 29.8 Å². The van der Waals surface area contributed by atoms with E-state index in [9.17, 15) is 26.4 Å². The van der Waals surface area contributed by atoms with Crippen molar-refractivity contribution in [3.8, 4) is 0 Å². The first-order valence-corrected chi connectivity index (χ1v) is 6.73. The Morgan fingerprint density at radius 1 is 1.26 bits per heavy atom. The quantitative estimate of drug-likeness (QED) is 0.798. The van der Waals surface area contributed by atoms with Crippen molar-refractivity contribution in [2.45, 2.75) is 23.7 Å². The number of carbonyl (C=O) groups excluding carboxylic acids is 1. The van der Waals surface area contributed by atoms with E-state index >= 15 is 0 Å². The zero-order valence-corrected chi connectivity index (χ0v) is 10.7. The molecule has 8 heteroatoms. The van der Waals surface area contributed by atoms with Crippen LogP contribution in [0.5, 0.6) is 0 Å². The number of benzene rings is 1. The van der Waals surface area contributed by atoms with E-state index in [1.54, 1.807) is 0 Å². The Morgan fingerprint density at radius 2 is 1.84 bits per heavy atom. The van der Waals surface area contributed by atoms with Gasteiger partial charge < -0.3 is 4.74 Å². The molecule has 0 saturated heterocycles. The first-order chi connectivity index (χ1) is 8.70. The van der Waals surface area contributed by atoms with Gasteiger partial charge in [-0.05, 0) is 18.6 Å². The second-order valence-electron chi connectivity index (χ2n) is 3.54. The smallest absolute Gasteiger partial charge is 0.466 e. The summed E-state index contributed by atoms with van der Waals surface area (Å²) >= 11 is 0. The molecular formula is C11H11F3O4S. The summed E-state index contributed by atoms with van der Waals surface area (Å²) in [4.78, 5) is 10.3. The predicted octanol–water partition coefficient (Wildman–Crippen LogP) is 2.09. The minimum Gasteiger partial charge on any atom is -0.466 e. The van der Waals surface area contributed by atoms with Gasteiger partial charge in [-0.25, -0.2) is 8.42 Å².